The monoisotopic (exact) mass is 224 g/mol. The van der Waals surface area contributed by atoms with Crippen molar-refractivity contribution in [2.75, 3.05) is 14.2 Å². The molecule has 0 fully saturated rings. The Labute approximate surface area is 96.7 Å². The van der Waals surface area contributed by atoms with Gasteiger partial charge in [-0.25, -0.2) is 0 Å². The van der Waals surface area contributed by atoms with E-state index in [-0.39, 0.29) is 11.6 Å². The lowest BCUT2D eigenvalue weighted by Gasteiger charge is -2.32. The van der Waals surface area contributed by atoms with Crippen molar-refractivity contribution in [2.45, 2.75) is 25.5 Å². The molecule has 4 heteroatoms. The van der Waals surface area contributed by atoms with E-state index in [4.69, 9.17) is 15.3 Å². The molecule has 0 heterocycles. The number of hydrogen-bond donors (Lipinski definition) is 2. The molecule has 0 aliphatic carbocycles. The van der Waals surface area contributed by atoms with Crippen LogP contribution in [0.15, 0.2) is 24.3 Å². The van der Waals surface area contributed by atoms with Gasteiger partial charge in [-0.3, -0.25) is 11.3 Å². The van der Waals surface area contributed by atoms with E-state index in [1.165, 1.54) is 0 Å². The van der Waals surface area contributed by atoms with Gasteiger partial charge in [0.2, 0.25) is 0 Å². The van der Waals surface area contributed by atoms with Crippen LogP contribution in [0.1, 0.15) is 25.5 Å². The minimum Gasteiger partial charge on any atom is -0.497 e. The summed E-state index contributed by atoms with van der Waals surface area (Å²) in [7, 11) is 3.32. The summed E-state index contributed by atoms with van der Waals surface area (Å²) in [5, 5.41) is 0. The first-order valence-corrected chi connectivity index (χ1v) is 5.20. The van der Waals surface area contributed by atoms with E-state index < -0.39 is 0 Å². The Morgan fingerprint density at radius 2 is 1.75 bits per heavy atom. The quantitative estimate of drug-likeness (QED) is 0.589. The minimum atomic E-state index is -0.372. The van der Waals surface area contributed by atoms with E-state index in [0.29, 0.717) is 0 Å². The second-order valence-corrected chi connectivity index (χ2v) is 4.18. The molecule has 4 nitrogen and oxygen atoms in total. The number of nitrogens with two attached hydrogens (primary N) is 1. The predicted octanol–water partition coefficient (Wildman–Crippen LogP) is 1.62. The lowest BCUT2D eigenvalue weighted by molar-refractivity contribution is -0.0111. The molecule has 3 N–H and O–H groups in total. The fourth-order valence-electron chi connectivity index (χ4n) is 1.61. The Morgan fingerprint density at radius 3 is 2.12 bits per heavy atom. The first-order valence-electron chi connectivity index (χ1n) is 5.20. The molecule has 1 aromatic rings. The van der Waals surface area contributed by atoms with E-state index in [0.717, 1.165) is 11.3 Å². The van der Waals surface area contributed by atoms with Gasteiger partial charge in [-0.15, -0.1) is 0 Å². The third-order valence-electron chi connectivity index (χ3n) is 2.84. The van der Waals surface area contributed by atoms with Gasteiger partial charge in [0.15, 0.2) is 0 Å². The fraction of sp³-hybridized carbons (Fsp3) is 0.500. The highest BCUT2D eigenvalue weighted by Gasteiger charge is 2.29. The number of ether oxygens (including phenoxy) is 2. The van der Waals surface area contributed by atoms with Crippen LogP contribution in [-0.2, 0) is 4.74 Å². The highest BCUT2D eigenvalue weighted by molar-refractivity contribution is 5.30. The molecule has 0 bridgehead atoms. The summed E-state index contributed by atoms with van der Waals surface area (Å²) >= 11 is 0. The normalized spacial score (nSPS) is 13.6. The molecular formula is C12H20N2O2. The maximum Gasteiger partial charge on any atom is 0.118 e. The van der Waals surface area contributed by atoms with Crippen molar-refractivity contribution in [3.8, 4) is 5.75 Å². The summed E-state index contributed by atoms with van der Waals surface area (Å²) in [6.45, 7) is 3.98. The molecule has 0 saturated carbocycles. The van der Waals surface area contributed by atoms with Crippen molar-refractivity contribution >= 4 is 0 Å². The van der Waals surface area contributed by atoms with Crippen LogP contribution in [0.4, 0.5) is 0 Å². The standard InChI is InChI=1S/C12H20N2O2/c1-12(2,16-4)11(14-13)9-5-7-10(15-3)8-6-9/h5-8,11,14H,13H2,1-4H3. The van der Waals surface area contributed by atoms with Gasteiger partial charge in [0.1, 0.15) is 5.75 Å². The van der Waals surface area contributed by atoms with Crippen LogP contribution in [0, 0.1) is 0 Å². The number of nitrogens with one attached hydrogen (secondary N) is 1. The lowest BCUT2D eigenvalue weighted by Crippen LogP contribution is -2.43. The number of methoxy groups -OCH3 is 2. The van der Waals surface area contributed by atoms with Gasteiger partial charge in [-0.05, 0) is 31.5 Å². The summed E-state index contributed by atoms with van der Waals surface area (Å²) < 4.78 is 10.5. The first-order chi connectivity index (χ1) is 7.55. The van der Waals surface area contributed by atoms with Crippen molar-refractivity contribution in [3.63, 3.8) is 0 Å². The predicted molar refractivity (Wildman–Crippen MR) is 64.1 cm³/mol. The zero-order chi connectivity index (χ0) is 12.2. The van der Waals surface area contributed by atoms with Crippen LogP contribution in [0.2, 0.25) is 0 Å². The van der Waals surface area contributed by atoms with Gasteiger partial charge in [-0.2, -0.15) is 0 Å². The number of rotatable bonds is 5. The topological polar surface area (TPSA) is 56.5 Å². The fourth-order valence-corrected chi connectivity index (χ4v) is 1.61. The molecule has 1 atom stereocenters. The minimum absolute atomic E-state index is 0.0663. The molecular weight excluding hydrogens is 204 g/mol. The third-order valence-corrected chi connectivity index (χ3v) is 2.84. The molecule has 16 heavy (non-hydrogen) atoms. The maximum absolute atomic E-state index is 5.58. The molecule has 0 aliphatic heterocycles. The average molecular weight is 224 g/mol. The van der Waals surface area contributed by atoms with Crippen molar-refractivity contribution in [1.82, 2.24) is 5.43 Å². The van der Waals surface area contributed by atoms with E-state index in [1.54, 1.807) is 14.2 Å². The molecule has 90 valence electrons. The van der Waals surface area contributed by atoms with E-state index in [1.807, 2.05) is 38.1 Å². The van der Waals surface area contributed by atoms with Crippen molar-refractivity contribution < 1.29 is 9.47 Å². The molecule has 0 spiro atoms. The zero-order valence-electron chi connectivity index (χ0n) is 10.3. The second kappa shape index (κ2) is 5.30. The van der Waals surface area contributed by atoms with Crippen LogP contribution in [-0.4, -0.2) is 19.8 Å². The average Bonchev–Trinajstić information content (AvgIpc) is 2.30. The van der Waals surface area contributed by atoms with E-state index in [2.05, 4.69) is 5.43 Å². The Hall–Kier alpha value is -1.10. The third kappa shape index (κ3) is 2.72. The molecule has 1 aromatic carbocycles. The number of hydrogen-bond acceptors (Lipinski definition) is 4. The van der Waals surface area contributed by atoms with E-state index in [9.17, 15) is 0 Å². The van der Waals surface area contributed by atoms with Gasteiger partial charge in [0, 0.05) is 7.11 Å². The van der Waals surface area contributed by atoms with Gasteiger partial charge >= 0.3 is 0 Å². The molecule has 1 unspecified atom stereocenters. The lowest BCUT2D eigenvalue weighted by atomic mass is 9.92. The maximum atomic E-state index is 5.58. The summed E-state index contributed by atoms with van der Waals surface area (Å²) in [6.07, 6.45) is 0. The summed E-state index contributed by atoms with van der Waals surface area (Å²) in [6, 6.07) is 7.70. The van der Waals surface area contributed by atoms with Crippen LogP contribution < -0.4 is 16.0 Å². The number of benzene rings is 1. The molecule has 0 radical (unpaired) electrons. The van der Waals surface area contributed by atoms with Crippen LogP contribution >= 0.6 is 0 Å². The molecule has 0 saturated heterocycles. The Kier molecular flexibility index (Phi) is 4.29. The molecule has 0 aliphatic rings. The van der Waals surface area contributed by atoms with Crippen molar-refractivity contribution in [1.29, 1.82) is 0 Å². The Balaban J connectivity index is 2.95. The van der Waals surface area contributed by atoms with E-state index >= 15 is 0 Å². The first kappa shape index (κ1) is 13.0. The van der Waals surface area contributed by atoms with Crippen molar-refractivity contribution in [3.05, 3.63) is 29.8 Å². The SMILES string of the molecule is COc1ccc(C(NN)C(C)(C)OC)cc1. The highest BCUT2D eigenvalue weighted by atomic mass is 16.5. The van der Waals surface area contributed by atoms with Crippen molar-refractivity contribution in [2.24, 2.45) is 5.84 Å². The van der Waals surface area contributed by atoms with Gasteiger partial charge in [-0.1, -0.05) is 12.1 Å². The summed E-state index contributed by atoms with van der Waals surface area (Å²) in [5.74, 6) is 6.40. The molecule has 0 amide bonds. The molecule has 0 aromatic heterocycles. The van der Waals surface area contributed by atoms with Crippen LogP contribution in [0.5, 0.6) is 5.75 Å². The zero-order valence-corrected chi connectivity index (χ0v) is 10.3. The Bertz CT molecular complexity index is 322. The smallest absolute Gasteiger partial charge is 0.118 e. The summed E-state index contributed by atoms with van der Waals surface area (Å²) in [4.78, 5) is 0. The van der Waals surface area contributed by atoms with Gasteiger partial charge in [0.05, 0.1) is 18.8 Å². The second-order valence-electron chi connectivity index (χ2n) is 4.18. The summed E-state index contributed by atoms with van der Waals surface area (Å²) in [5.41, 5.74) is 3.47. The molecule has 1 rings (SSSR count). The van der Waals surface area contributed by atoms with Gasteiger partial charge in [0.25, 0.3) is 0 Å². The highest BCUT2D eigenvalue weighted by Crippen LogP contribution is 2.28. The van der Waals surface area contributed by atoms with Crippen LogP contribution in [0.3, 0.4) is 0 Å². The number of hydrazine groups is 1. The Morgan fingerprint density at radius 1 is 1.19 bits per heavy atom. The van der Waals surface area contributed by atoms with Gasteiger partial charge < -0.3 is 9.47 Å². The largest absolute Gasteiger partial charge is 0.497 e. The van der Waals surface area contributed by atoms with Crippen LogP contribution in [0.25, 0.3) is 0 Å².